The molecule has 3 N–H and O–H groups in total. The van der Waals surface area contributed by atoms with Crippen LogP contribution in [0.1, 0.15) is 35.7 Å². The second-order valence-corrected chi connectivity index (χ2v) is 7.70. The lowest BCUT2D eigenvalue weighted by Gasteiger charge is -2.11. The molecule has 3 rings (SSSR count). The molecule has 0 aliphatic heterocycles. The van der Waals surface area contributed by atoms with Crippen LogP contribution in [0.4, 0.5) is 11.4 Å². The van der Waals surface area contributed by atoms with Crippen LogP contribution in [0.3, 0.4) is 0 Å². The number of benzene rings is 3. The molecule has 0 radical (unpaired) electrons. The van der Waals surface area contributed by atoms with Crippen LogP contribution >= 0.6 is 0 Å². The molecule has 0 aromatic heterocycles. The summed E-state index contributed by atoms with van der Waals surface area (Å²) in [5, 5.41) is 8.79. The van der Waals surface area contributed by atoms with E-state index >= 15 is 0 Å². The Morgan fingerprint density at radius 2 is 1.67 bits per heavy atom. The van der Waals surface area contributed by atoms with Gasteiger partial charge < -0.3 is 20.7 Å². The summed E-state index contributed by atoms with van der Waals surface area (Å²) >= 11 is 0. The van der Waals surface area contributed by atoms with Crippen LogP contribution in [0.5, 0.6) is 5.75 Å². The van der Waals surface area contributed by atoms with Gasteiger partial charge in [-0.25, -0.2) is 0 Å². The van der Waals surface area contributed by atoms with Crippen molar-refractivity contribution < 1.29 is 14.3 Å². The number of rotatable bonds is 12. The molecule has 0 saturated heterocycles. The first-order chi connectivity index (χ1) is 16.1. The van der Waals surface area contributed by atoms with E-state index in [1.807, 2.05) is 55.5 Å². The molecule has 0 bridgehead atoms. The second-order valence-electron chi connectivity index (χ2n) is 7.70. The molecule has 0 fully saturated rings. The van der Waals surface area contributed by atoms with Crippen LogP contribution in [0, 0.1) is 0 Å². The van der Waals surface area contributed by atoms with Gasteiger partial charge in [-0.3, -0.25) is 9.59 Å². The van der Waals surface area contributed by atoms with Crippen molar-refractivity contribution in [3.8, 4) is 5.75 Å². The van der Waals surface area contributed by atoms with Crippen molar-refractivity contribution >= 4 is 23.2 Å². The van der Waals surface area contributed by atoms with E-state index in [0.717, 1.165) is 25.0 Å². The van der Waals surface area contributed by atoms with Gasteiger partial charge in [-0.1, -0.05) is 49.4 Å². The van der Waals surface area contributed by atoms with Gasteiger partial charge in [0.25, 0.3) is 5.91 Å². The highest BCUT2D eigenvalue weighted by atomic mass is 16.5. The van der Waals surface area contributed by atoms with Gasteiger partial charge in [0.15, 0.2) is 0 Å². The van der Waals surface area contributed by atoms with Gasteiger partial charge >= 0.3 is 0 Å². The summed E-state index contributed by atoms with van der Waals surface area (Å²) in [6, 6.07) is 24.8. The number of hydrogen-bond acceptors (Lipinski definition) is 4. The van der Waals surface area contributed by atoms with Crippen LogP contribution in [-0.4, -0.2) is 31.5 Å². The maximum Gasteiger partial charge on any atom is 0.251 e. The summed E-state index contributed by atoms with van der Waals surface area (Å²) < 4.78 is 5.84. The van der Waals surface area contributed by atoms with Crippen LogP contribution in [0.2, 0.25) is 0 Å². The monoisotopic (exact) mass is 445 g/mol. The number of anilines is 2. The first-order valence-electron chi connectivity index (χ1n) is 11.3. The Bertz CT molecular complexity index is 1040. The minimum absolute atomic E-state index is 0.0855. The summed E-state index contributed by atoms with van der Waals surface area (Å²) in [4.78, 5) is 24.5. The van der Waals surface area contributed by atoms with Crippen molar-refractivity contribution in [2.75, 3.05) is 30.3 Å². The Balaban J connectivity index is 1.43. The fraction of sp³-hybridized carbons (Fsp3) is 0.259. The van der Waals surface area contributed by atoms with E-state index in [1.54, 1.807) is 18.2 Å². The molecule has 0 unspecified atom stereocenters. The van der Waals surface area contributed by atoms with Gasteiger partial charge in [-0.15, -0.1) is 0 Å². The minimum atomic E-state index is -0.183. The Morgan fingerprint density at radius 1 is 0.879 bits per heavy atom. The van der Waals surface area contributed by atoms with E-state index in [0.29, 0.717) is 30.1 Å². The second kappa shape index (κ2) is 12.9. The van der Waals surface area contributed by atoms with E-state index in [9.17, 15) is 9.59 Å². The number of aryl methyl sites for hydroxylation is 1. The number of ether oxygens (including phenoxy) is 1. The van der Waals surface area contributed by atoms with Crippen molar-refractivity contribution in [2.24, 2.45) is 0 Å². The van der Waals surface area contributed by atoms with E-state index in [-0.39, 0.29) is 18.4 Å². The molecule has 6 heteroatoms. The van der Waals surface area contributed by atoms with Gasteiger partial charge in [-0.2, -0.15) is 0 Å². The Morgan fingerprint density at radius 3 is 2.48 bits per heavy atom. The fourth-order valence-corrected chi connectivity index (χ4v) is 3.27. The first kappa shape index (κ1) is 23.9. The number of nitrogens with one attached hydrogen (secondary N) is 3. The summed E-state index contributed by atoms with van der Waals surface area (Å²) in [6.45, 7) is 3.33. The molecule has 172 valence electrons. The SMILES string of the molecule is CCCNC(=O)c1cccc(NCC(=O)Nc2cccc(OCCCc3ccccc3)c2)c1. The van der Waals surface area contributed by atoms with Gasteiger partial charge in [0.1, 0.15) is 5.75 Å². The first-order valence-corrected chi connectivity index (χ1v) is 11.3. The van der Waals surface area contributed by atoms with E-state index in [1.165, 1.54) is 5.56 Å². The highest BCUT2D eigenvalue weighted by Gasteiger charge is 2.07. The predicted octanol–water partition coefficient (Wildman–Crippen LogP) is 4.89. The van der Waals surface area contributed by atoms with Crippen LogP contribution in [0.25, 0.3) is 0 Å². The maximum absolute atomic E-state index is 12.4. The summed E-state index contributed by atoms with van der Waals surface area (Å²) in [5.41, 5.74) is 3.24. The van der Waals surface area contributed by atoms with Crippen molar-refractivity contribution in [2.45, 2.75) is 26.2 Å². The molecule has 0 aliphatic carbocycles. The lowest BCUT2D eigenvalue weighted by atomic mass is 10.1. The normalized spacial score (nSPS) is 10.3. The average molecular weight is 446 g/mol. The third-order valence-electron chi connectivity index (χ3n) is 4.95. The molecule has 0 aliphatic rings. The fourth-order valence-electron chi connectivity index (χ4n) is 3.27. The van der Waals surface area contributed by atoms with E-state index < -0.39 is 0 Å². The largest absolute Gasteiger partial charge is 0.494 e. The van der Waals surface area contributed by atoms with Crippen LogP contribution in [0.15, 0.2) is 78.9 Å². The topological polar surface area (TPSA) is 79.5 Å². The maximum atomic E-state index is 12.4. The lowest BCUT2D eigenvalue weighted by molar-refractivity contribution is -0.114. The van der Waals surface area contributed by atoms with E-state index in [4.69, 9.17) is 4.74 Å². The Hall–Kier alpha value is -3.80. The smallest absolute Gasteiger partial charge is 0.251 e. The molecule has 33 heavy (non-hydrogen) atoms. The molecular formula is C27H31N3O3. The number of carbonyl (C=O) groups excluding carboxylic acids is 2. The highest BCUT2D eigenvalue weighted by molar-refractivity contribution is 5.96. The van der Waals surface area contributed by atoms with Gasteiger partial charge in [0, 0.05) is 29.5 Å². The number of hydrogen-bond donors (Lipinski definition) is 3. The Labute approximate surface area is 195 Å². The van der Waals surface area contributed by atoms with Crippen molar-refractivity contribution in [3.63, 3.8) is 0 Å². The predicted molar refractivity (Wildman–Crippen MR) is 133 cm³/mol. The zero-order valence-electron chi connectivity index (χ0n) is 19.0. The summed E-state index contributed by atoms with van der Waals surface area (Å²) in [7, 11) is 0. The molecule has 2 amide bonds. The van der Waals surface area contributed by atoms with Gasteiger partial charge in [-0.05, 0) is 55.2 Å². The molecular weight excluding hydrogens is 414 g/mol. The molecule has 3 aromatic rings. The standard InChI is InChI=1S/C27H31N3O3/c1-2-16-28-27(32)22-12-6-13-23(18-22)29-20-26(31)30-24-14-7-15-25(19-24)33-17-8-11-21-9-4-3-5-10-21/h3-7,9-10,12-15,18-19,29H,2,8,11,16-17,20H2,1H3,(H,28,32)(H,30,31). The van der Waals surface area contributed by atoms with Crippen molar-refractivity contribution in [1.29, 1.82) is 0 Å². The zero-order chi connectivity index (χ0) is 23.3. The van der Waals surface area contributed by atoms with Gasteiger partial charge in [0.2, 0.25) is 5.91 Å². The van der Waals surface area contributed by atoms with E-state index in [2.05, 4.69) is 28.1 Å². The molecule has 0 atom stereocenters. The summed E-state index contributed by atoms with van der Waals surface area (Å²) in [5.74, 6) is 0.419. The molecule has 6 nitrogen and oxygen atoms in total. The van der Waals surface area contributed by atoms with Crippen LogP contribution in [-0.2, 0) is 11.2 Å². The van der Waals surface area contributed by atoms with Crippen molar-refractivity contribution in [3.05, 3.63) is 90.0 Å². The molecule has 3 aromatic carbocycles. The Kier molecular flexibility index (Phi) is 9.33. The number of carbonyl (C=O) groups is 2. The minimum Gasteiger partial charge on any atom is -0.494 e. The van der Waals surface area contributed by atoms with Crippen LogP contribution < -0.4 is 20.7 Å². The third-order valence-corrected chi connectivity index (χ3v) is 4.95. The quantitative estimate of drug-likeness (QED) is 0.347. The van der Waals surface area contributed by atoms with Crippen molar-refractivity contribution in [1.82, 2.24) is 5.32 Å². The molecule has 0 heterocycles. The zero-order valence-corrected chi connectivity index (χ0v) is 19.0. The third kappa shape index (κ3) is 8.33. The average Bonchev–Trinajstić information content (AvgIpc) is 2.85. The molecule has 0 saturated carbocycles. The number of amides is 2. The van der Waals surface area contributed by atoms with Gasteiger partial charge in [0.05, 0.1) is 13.2 Å². The highest BCUT2D eigenvalue weighted by Crippen LogP contribution is 2.18. The molecule has 0 spiro atoms. The lowest BCUT2D eigenvalue weighted by Crippen LogP contribution is -2.24. The summed E-state index contributed by atoms with van der Waals surface area (Å²) in [6.07, 6.45) is 2.76.